The van der Waals surface area contributed by atoms with Gasteiger partial charge in [0.25, 0.3) is 0 Å². The second-order valence-electron chi connectivity index (χ2n) is 6.28. The number of alkyl halides is 3. The van der Waals surface area contributed by atoms with Gasteiger partial charge in [-0.15, -0.1) is 0 Å². The van der Waals surface area contributed by atoms with E-state index in [0.29, 0.717) is 18.7 Å². The fourth-order valence-electron chi connectivity index (χ4n) is 2.92. The maximum atomic E-state index is 12.8. The fraction of sp³-hybridized carbons (Fsp3) is 0.389. The first-order chi connectivity index (χ1) is 12.8. The normalized spacial score (nSPS) is 17.6. The molecule has 1 aliphatic rings. The third kappa shape index (κ3) is 5.41. The van der Waals surface area contributed by atoms with Gasteiger partial charge in [-0.25, -0.2) is 9.97 Å². The standard InChI is InChI=1S/C18H17BrF3N3O2/c19-14-9-23-17(24-10-14)27-15-5-2-6-25(11-15)16(26)8-12-3-1-4-13(7-12)18(20,21)22/h1,3-4,7,9-10,15H,2,5-6,8,11H2/t15-/m1/s1. The van der Waals surface area contributed by atoms with Gasteiger partial charge in [0.05, 0.1) is 23.0 Å². The van der Waals surface area contributed by atoms with Crippen LogP contribution in [0.4, 0.5) is 13.2 Å². The summed E-state index contributed by atoms with van der Waals surface area (Å²) in [6.45, 7) is 0.913. The molecule has 3 rings (SSSR count). The first kappa shape index (κ1) is 19.6. The molecule has 0 bridgehead atoms. The van der Waals surface area contributed by atoms with E-state index in [-0.39, 0.29) is 24.4 Å². The van der Waals surface area contributed by atoms with Crippen LogP contribution in [0.15, 0.2) is 41.1 Å². The van der Waals surface area contributed by atoms with Gasteiger partial charge in [0.2, 0.25) is 5.91 Å². The third-order valence-corrected chi connectivity index (χ3v) is 4.62. The molecule has 1 amide bonds. The average molecular weight is 444 g/mol. The van der Waals surface area contributed by atoms with Crippen molar-refractivity contribution < 1.29 is 22.7 Å². The minimum Gasteiger partial charge on any atom is -0.458 e. The van der Waals surface area contributed by atoms with Crippen molar-refractivity contribution >= 4 is 21.8 Å². The number of benzene rings is 1. The monoisotopic (exact) mass is 443 g/mol. The summed E-state index contributed by atoms with van der Waals surface area (Å²) >= 11 is 3.24. The van der Waals surface area contributed by atoms with Crippen molar-refractivity contribution in [1.82, 2.24) is 14.9 Å². The van der Waals surface area contributed by atoms with E-state index in [9.17, 15) is 18.0 Å². The minimum atomic E-state index is -4.42. The molecule has 0 radical (unpaired) electrons. The number of piperidine rings is 1. The highest BCUT2D eigenvalue weighted by Gasteiger charge is 2.31. The van der Waals surface area contributed by atoms with Crippen molar-refractivity contribution in [3.8, 4) is 6.01 Å². The minimum absolute atomic E-state index is 0.0780. The van der Waals surface area contributed by atoms with Gasteiger partial charge >= 0.3 is 12.2 Å². The lowest BCUT2D eigenvalue weighted by atomic mass is 10.0. The first-order valence-electron chi connectivity index (χ1n) is 8.39. The van der Waals surface area contributed by atoms with E-state index < -0.39 is 11.7 Å². The predicted molar refractivity (Wildman–Crippen MR) is 95.1 cm³/mol. The number of carbonyl (C=O) groups excluding carboxylic acids is 1. The van der Waals surface area contributed by atoms with E-state index in [2.05, 4.69) is 25.9 Å². The molecule has 0 N–H and O–H groups in total. The van der Waals surface area contributed by atoms with Crippen LogP contribution >= 0.6 is 15.9 Å². The van der Waals surface area contributed by atoms with E-state index in [0.717, 1.165) is 29.4 Å². The Morgan fingerprint density at radius 3 is 2.74 bits per heavy atom. The van der Waals surface area contributed by atoms with E-state index >= 15 is 0 Å². The predicted octanol–water partition coefficient (Wildman–Crippen LogP) is 3.87. The van der Waals surface area contributed by atoms with Crippen LogP contribution in [0.5, 0.6) is 6.01 Å². The Morgan fingerprint density at radius 2 is 2.04 bits per heavy atom. The molecule has 2 heterocycles. The number of amides is 1. The highest BCUT2D eigenvalue weighted by Crippen LogP contribution is 2.29. The van der Waals surface area contributed by atoms with Crippen molar-refractivity contribution in [1.29, 1.82) is 0 Å². The Kier molecular flexibility index (Phi) is 5.98. The third-order valence-electron chi connectivity index (χ3n) is 4.21. The summed E-state index contributed by atoms with van der Waals surface area (Å²) in [6, 6.07) is 5.09. The van der Waals surface area contributed by atoms with E-state index in [1.165, 1.54) is 12.1 Å². The number of nitrogens with zero attached hydrogens (tertiary/aromatic N) is 3. The molecule has 1 fully saturated rings. The molecule has 0 unspecified atom stereocenters. The van der Waals surface area contributed by atoms with Crippen molar-refractivity contribution in [3.05, 3.63) is 52.3 Å². The molecule has 1 aliphatic heterocycles. The van der Waals surface area contributed by atoms with Gasteiger partial charge < -0.3 is 9.64 Å². The number of likely N-dealkylation sites (tertiary alicyclic amines) is 1. The highest BCUT2D eigenvalue weighted by atomic mass is 79.9. The second-order valence-corrected chi connectivity index (χ2v) is 7.20. The number of ether oxygens (including phenoxy) is 1. The molecule has 1 saturated heterocycles. The van der Waals surface area contributed by atoms with Crippen LogP contribution in [0, 0.1) is 0 Å². The molecule has 0 saturated carbocycles. The number of aromatic nitrogens is 2. The molecule has 27 heavy (non-hydrogen) atoms. The zero-order valence-electron chi connectivity index (χ0n) is 14.2. The van der Waals surface area contributed by atoms with E-state index in [1.807, 2.05) is 0 Å². The largest absolute Gasteiger partial charge is 0.458 e. The Labute approximate surface area is 162 Å². The molecule has 1 atom stereocenters. The average Bonchev–Trinajstić information content (AvgIpc) is 2.63. The molecule has 0 aliphatic carbocycles. The maximum absolute atomic E-state index is 12.8. The van der Waals surface area contributed by atoms with E-state index in [4.69, 9.17) is 4.74 Å². The van der Waals surface area contributed by atoms with Crippen molar-refractivity contribution in [2.24, 2.45) is 0 Å². The lowest BCUT2D eigenvalue weighted by molar-refractivity contribution is -0.138. The van der Waals surface area contributed by atoms with E-state index in [1.54, 1.807) is 17.3 Å². The summed E-state index contributed by atoms with van der Waals surface area (Å²) < 4.78 is 44.9. The summed E-state index contributed by atoms with van der Waals surface area (Å²) in [6.07, 6.45) is -0.101. The maximum Gasteiger partial charge on any atom is 0.416 e. The number of hydrogen-bond acceptors (Lipinski definition) is 4. The van der Waals surface area contributed by atoms with Gasteiger partial charge in [-0.05, 0) is 40.4 Å². The van der Waals surface area contributed by atoms with Crippen LogP contribution in [0.2, 0.25) is 0 Å². The summed E-state index contributed by atoms with van der Waals surface area (Å²) in [4.78, 5) is 22.2. The summed E-state index contributed by atoms with van der Waals surface area (Å²) in [5, 5.41) is 0. The quantitative estimate of drug-likeness (QED) is 0.719. The highest BCUT2D eigenvalue weighted by molar-refractivity contribution is 9.10. The molecule has 9 heteroatoms. The second kappa shape index (κ2) is 8.24. The van der Waals surface area contributed by atoms with Crippen LogP contribution < -0.4 is 4.74 Å². The van der Waals surface area contributed by atoms with Crippen LogP contribution in [0.3, 0.4) is 0 Å². The van der Waals surface area contributed by atoms with Gasteiger partial charge in [0.1, 0.15) is 6.10 Å². The molecular weight excluding hydrogens is 427 g/mol. The molecule has 5 nitrogen and oxygen atoms in total. The molecule has 0 spiro atoms. The molecule has 1 aromatic carbocycles. The van der Waals surface area contributed by atoms with Crippen molar-refractivity contribution in [3.63, 3.8) is 0 Å². The lowest BCUT2D eigenvalue weighted by Gasteiger charge is -2.32. The zero-order valence-corrected chi connectivity index (χ0v) is 15.8. The Balaban J connectivity index is 1.60. The number of halogens is 4. The first-order valence-corrected chi connectivity index (χ1v) is 9.18. The SMILES string of the molecule is O=C(Cc1cccc(C(F)(F)F)c1)N1CCC[C@@H](Oc2ncc(Br)cn2)C1. The van der Waals surface area contributed by atoms with Crippen molar-refractivity contribution in [2.45, 2.75) is 31.5 Å². The number of carbonyl (C=O) groups is 1. The van der Waals surface area contributed by atoms with Gasteiger partial charge in [-0.1, -0.05) is 18.2 Å². The summed E-state index contributed by atoms with van der Waals surface area (Å²) in [5.74, 6) is -0.223. The van der Waals surface area contributed by atoms with Gasteiger partial charge in [0, 0.05) is 18.9 Å². The fourth-order valence-corrected chi connectivity index (χ4v) is 3.12. The summed E-state index contributed by atoms with van der Waals surface area (Å²) in [7, 11) is 0. The molecular formula is C18H17BrF3N3O2. The molecule has 2 aromatic rings. The zero-order chi connectivity index (χ0) is 19.4. The van der Waals surface area contributed by atoms with Crippen LogP contribution in [-0.2, 0) is 17.4 Å². The summed E-state index contributed by atoms with van der Waals surface area (Å²) in [5.41, 5.74) is -0.408. The Hall–Kier alpha value is -2.16. The van der Waals surface area contributed by atoms with Gasteiger partial charge in [0.15, 0.2) is 0 Å². The smallest absolute Gasteiger partial charge is 0.416 e. The Morgan fingerprint density at radius 1 is 1.30 bits per heavy atom. The molecule has 1 aromatic heterocycles. The number of hydrogen-bond donors (Lipinski definition) is 0. The van der Waals surface area contributed by atoms with Crippen LogP contribution in [-0.4, -0.2) is 40.0 Å². The Bertz CT molecular complexity index is 799. The lowest BCUT2D eigenvalue weighted by Crippen LogP contribution is -2.45. The van der Waals surface area contributed by atoms with Crippen LogP contribution in [0.1, 0.15) is 24.0 Å². The number of rotatable bonds is 4. The topological polar surface area (TPSA) is 55.3 Å². The van der Waals surface area contributed by atoms with Gasteiger partial charge in [-0.3, -0.25) is 4.79 Å². The van der Waals surface area contributed by atoms with Crippen molar-refractivity contribution in [2.75, 3.05) is 13.1 Å². The molecule has 144 valence electrons. The van der Waals surface area contributed by atoms with Crippen LogP contribution in [0.25, 0.3) is 0 Å². The van der Waals surface area contributed by atoms with Gasteiger partial charge in [-0.2, -0.15) is 13.2 Å².